The van der Waals surface area contributed by atoms with Crippen LogP contribution in [0.3, 0.4) is 0 Å². The van der Waals surface area contributed by atoms with Gasteiger partial charge in [0.05, 0.1) is 0 Å². The first-order valence-corrected chi connectivity index (χ1v) is 44.2. The minimum Gasteiger partial charge on any atom is -0.480 e. The van der Waals surface area contributed by atoms with Crippen molar-refractivity contribution in [2.75, 3.05) is 98.4 Å². The highest BCUT2D eigenvalue weighted by molar-refractivity contribution is 8.77. The van der Waals surface area contributed by atoms with Crippen LogP contribution in [0.5, 0.6) is 0 Å². The van der Waals surface area contributed by atoms with E-state index in [0.29, 0.717) is 23.0 Å². The molecule has 0 aliphatic carbocycles. The fourth-order valence-electron chi connectivity index (χ4n) is 8.12. The number of aliphatic carboxylic acids is 8. The Hall–Kier alpha value is -9.52. The van der Waals surface area contributed by atoms with Crippen LogP contribution in [-0.2, 0) is 76.7 Å². The highest BCUT2D eigenvalue weighted by Crippen LogP contribution is 2.25. The zero-order valence-corrected chi connectivity index (χ0v) is 68.1. The Morgan fingerprint density at radius 2 is 0.479 bits per heavy atom. The lowest BCUT2D eigenvalue weighted by molar-refractivity contribution is -0.140. The van der Waals surface area contributed by atoms with Gasteiger partial charge in [-0.2, -0.15) is 0 Å². The van der Waals surface area contributed by atoms with Crippen molar-refractivity contribution in [3.63, 3.8) is 0 Å². The zero-order valence-electron chi connectivity index (χ0n) is 61.5. The number of carboxylic acids is 8. The second kappa shape index (κ2) is 61.8. The normalized spacial score (nSPS) is 12.6. The van der Waals surface area contributed by atoms with E-state index in [4.69, 9.17) is 63.8 Å². The molecule has 0 aliphatic rings. The number of carbonyl (C=O) groups excluding carboxylic acids is 12. The number of hydrogen-bond acceptors (Lipinski definition) is 32. The highest BCUT2D eigenvalue weighted by Gasteiger charge is 2.28. The lowest BCUT2D eigenvalue weighted by Gasteiger charge is -2.18. The molecule has 0 aromatic heterocycles. The van der Waals surface area contributed by atoms with Gasteiger partial charge in [0, 0.05) is 120 Å². The number of carboxylic acid groups (broad SMARTS) is 8. The molecule has 8 atom stereocenters. The van der Waals surface area contributed by atoms with E-state index in [9.17, 15) is 95.9 Å². The van der Waals surface area contributed by atoms with Gasteiger partial charge in [0.1, 0.15) is 74.5 Å². The molecule has 44 nitrogen and oxygen atoms in total. The Balaban J connectivity index is 0.00000228. The fourth-order valence-corrected chi connectivity index (χ4v) is 16.4. The molecule has 2 rings (SSSR count). The second-order valence-electron chi connectivity index (χ2n) is 23.5. The first-order chi connectivity index (χ1) is 54.8. The predicted octanol–water partition coefficient (Wildman–Crippen LogP) is -4.04. The topological polar surface area (TPSA) is 752 Å². The molecule has 117 heavy (non-hydrogen) atoms. The van der Waals surface area contributed by atoms with E-state index in [0.717, 1.165) is 0 Å². The number of carbonyl (C=O) groups is 20. The van der Waals surface area contributed by atoms with E-state index < -0.39 is 193 Å². The molecule has 0 radical (unpaired) electrons. The molecule has 2 aromatic rings. The van der Waals surface area contributed by atoms with Gasteiger partial charge in [-0.1, -0.05) is 106 Å². The molecule has 2 aromatic carbocycles. The summed E-state index contributed by atoms with van der Waals surface area (Å²) in [6.45, 7) is -1.98. The molecular weight excluding hydrogens is 1710 g/mol. The molecule has 0 bridgehead atoms. The smallest absolute Gasteiger partial charge is 0.322 e. The average molecular weight is 1810 g/mol. The summed E-state index contributed by atoms with van der Waals surface area (Å²) in [6.07, 6.45) is -1.79. The Bertz CT molecular complexity index is 3260. The van der Waals surface area contributed by atoms with Crippen LogP contribution >= 0.6 is 86.4 Å². The highest BCUT2D eigenvalue weighted by atomic mass is 33.1. The number of benzene rings is 2. The molecule has 28 N–H and O–H groups in total. The zero-order chi connectivity index (χ0) is 87.2. The van der Waals surface area contributed by atoms with E-state index in [1.807, 2.05) is 0 Å². The lowest BCUT2D eigenvalue weighted by Crippen LogP contribution is -2.49. The van der Waals surface area contributed by atoms with Crippen LogP contribution in [0.4, 0.5) is 0 Å². The van der Waals surface area contributed by atoms with Crippen molar-refractivity contribution in [2.45, 2.75) is 107 Å². The van der Waals surface area contributed by atoms with E-state index in [1.165, 1.54) is 135 Å². The van der Waals surface area contributed by atoms with E-state index in [1.54, 1.807) is 0 Å². The summed E-state index contributed by atoms with van der Waals surface area (Å²) in [5, 5.41) is 100. The Morgan fingerprint density at radius 1 is 0.291 bits per heavy atom. The maximum absolute atomic E-state index is 12.7. The number of hydrogen-bond donors (Lipinski definition) is 24. The predicted molar refractivity (Wildman–Crippen MR) is 438 cm³/mol. The molecule has 0 saturated carbocycles. The summed E-state index contributed by atoms with van der Waals surface area (Å²) in [7, 11) is 9.67. The Kier molecular flexibility index (Phi) is 56.8. The van der Waals surface area contributed by atoms with Crippen molar-refractivity contribution in [1.82, 2.24) is 63.8 Å². The summed E-state index contributed by atoms with van der Waals surface area (Å²) in [6, 6.07) is 2.27. The summed E-state index contributed by atoms with van der Waals surface area (Å²) in [4.78, 5) is 237. The molecule has 12 amide bonds. The quantitative estimate of drug-likeness (QED) is 0.0221. The van der Waals surface area contributed by atoms with Crippen LogP contribution in [-0.4, -0.2) is 306 Å². The standard InChI is InChI=1S/2C32H46N8O14S4.CH4/c2*33-19(31(51)52)4-6-23(41)39-21(29(49)37-13-25(43)44)15-57-55-10-8-35-27(47)17-2-1-3-18(12-17)28(48)36-9-11-56-58-16-22(30(50)38-14-26(45)46)40-24(42)7-5-20(34)32(53)54;/h2*1-3,12,19-22H,4-11,13-16,33-34H2,(H,35,47)(H,36,48)(H,37,49)(H,38,50)(H,39,41)(H,40,42)(H,43,44)(H,45,46)(H,51,52)(H,53,54);1H4. The third kappa shape index (κ3) is 51.3. The van der Waals surface area contributed by atoms with Crippen LogP contribution in [0.2, 0.25) is 0 Å². The van der Waals surface area contributed by atoms with Gasteiger partial charge in [0.25, 0.3) is 23.6 Å². The monoisotopic (exact) mass is 1800 g/mol. The maximum atomic E-state index is 12.7. The maximum Gasteiger partial charge on any atom is 0.322 e. The van der Waals surface area contributed by atoms with Crippen molar-refractivity contribution in [1.29, 1.82) is 0 Å². The first-order valence-electron chi connectivity index (χ1n) is 34.2. The van der Waals surface area contributed by atoms with Gasteiger partial charge >= 0.3 is 47.8 Å². The molecule has 8 unspecified atom stereocenters. The van der Waals surface area contributed by atoms with Gasteiger partial charge in [-0.05, 0) is 62.1 Å². The first kappa shape index (κ1) is 107. The van der Waals surface area contributed by atoms with Crippen LogP contribution in [0, 0.1) is 0 Å². The summed E-state index contributed by atoms with van der Waals surface area (Å²) >= 11 is 0. The van der Waals surface area contributed by atoms with Crippen molar-refractivity contribution in [2.24, 2.45) is 22.9 Å². The molecule has 52 heteroatoms. The van der Waals surface area contributed by atoms with Crippen LogP contribution in [0.25, 0.3) is 0 Å². The van der Waals surface area contributed by atoms with Crippen LogP contribution in [0.15, 0.2) is 48.5 Å². The van der Waals surface area contributed by atoms with Crippen molar-refractivity contribution >= 4 is 205 Å². The molecule has 0 spiro atoms. The number of amides is 12. The van der Waals surface area contributed by atoms with Crippen LogP contribution in [0.1, 0.15) is 100 Å². The van der Waals surface area contributed by atoms with Crippen molar-refractivity contribution in [3.05, 3.63) is 70.8 Å². The largest absolute Gasteiger partial charge is 0.480 e. The van der Waals surface area contributed by atoms with Crippen molar-refractivity contribution < 1.29 is 137 Å². The minimum atomic E-state index is -1.29. The average Bonchev–Trinajstić information content (AvgIpc) is 0.879. The summed E-state index contributed by atoms with van der Waals surface area (Å²) in [5.41, 5.74) is 22.4. The number of nitrogens with two attached hydrogens (primary N) is 4. The van der Waals surface area contributed by atoms with Gasteiger partial charge < -0.3 is 128 Å². The molecule has 0 heterocycles. The SMILES string of the molecule is C.NC(CCC(=O)NC(CSSCCNC(=O)c1cccc(C(=O)NCCSSCC(NC(=O)CCC(N)C(=O)O)C(=O)NCC(=O)O)c1)C(=O)NCC(=O)O)C(=O)O.NC(CCC(=O)NC(CSSCCNC(=O)c1cccc(C(=O)NCCSSCC(NC(=O)CCC(N)C(=O)O)C(=O)NCC(=O)O)c1)C(=O)NCC(=O)O)C(=O)O. The third-order valence-electron chi connectivity index (χ3n) is 14.2. The Morgan fingerprint density at radius 3 is 0.650 bits per heavy atom. The fraction of sp³-hybridized carbons (Fsp3) is 0.508. The van der Waals surface area contributed by atoms with E-state index in [-0.39, 0.29) is 130 Å². The summed E-state index contributed by atoms with van der Waals surface area (Å²) < 4.78 is 0. The molecular formula is C65H96N16O28S8. The van der Waals surface area contributed by atoms with Gasteiger partial charge in [-0.15, -0.1) is 0 Å². The lowest BCUT2D eigenvalue weighted by atomic mass is 10.1. The Labute approximate surface area is 700 Å². The van der Waals surface area contributed by atoms with E-state index >= 15 is 0 Å². The van der Waals surface area contributed by atoms with Gasteiger partial charge in [-0.3, -0.25) is 95.9 Å². The molecule has 0 saturated heterocycles. The van der Waals surface area contributed by atoms with Crippen molar-refractivity contribution in [3.8, 4) is 0 Å². The van der Waals surface area contributed by atoms with E-state index in [2.05, 4.69) is 63.8 Å². The summed E-state index contributed by atoms with van der Waals surface area (Å²) in [5.74, 6) is -16.3. The molecule has 652 valence electrons. The molecule has 0 fully saturated rings. The molecule has 0 aliphatic heterocycles. The minimum absolute atomic E-state index is 0. The van der Waals surface area contributed by atoms with Gasteiger partial charge in [0.2, 0.25) is 47.3 Å². The van der Waals surface area contributed by atoms with Crippen LogP contribution < -0.4 is 86.7 Å². The van der Waals surface area contributed by atoms with Gasteiger partial charge in [0.15, 0.2) is 0 Å². The second-order valence-corrected chi connectivity index (χ2v) is 34.0. The number of rotatable bonds is 60. The third-order valence-corrected chi connectivity index (χ3v) is 23.9. The van der Waals surface area contributed by atoms with Gasteiger partial charge in [-0.25, -0.2) is 0 Å². The number of nitrogens with one attached hydrogen (secondary N) is 12.